The van der Waals surface area contributed by atoms with Crippen LogP contribution >= 0.6 is 0 Å². The van der Waals surface area contributed by atoms with Crippen LogP contribution in [0.4, 0.5) is 0 Å². The average Bonchev–Trinajstić information content (AvgIpc) is 3.19. The van der Waals surface area contributed by atoms with Gasteiger partial charge in [-0.05, 0) is 74.1 Å². The molecule has 0 aromatic rings. The fraction of sp³-hybridized carbons (Fsp3) is 0.812. The summed E-state index contributed by atoms with van der Waals surface area (Å²) in [4.78, 5) is 12.6. The van der Waals surface area contributed by atoms with E-state index in [2.05, 4.69) is 92.9 Å². The zero-order valence-corrected chi connectivity index (χ0v) is 29.1. The van der Waals surface area contributed by atoms with E-state index in [0.29, 0.717) is 12.8 Å². The van der Waals surface area contributed by atoms with Crippen molar-refractivity contribution in [3.8, 4) is 6.07 Å². The van der Waals surface area contributed by atoms with Crippen molar-refractivity contribution >= 4 is 22.4 Å². The molecule has 7 heteroatoms. The van der Waals surface area contributed by atoms with E-state index in [-0.39, 0.29) is 40.3 Å². The zero-order chi connectivity index (χ0) is 29.9. The summed E-state index contributed by atoms with van der Waals surface area (Å²) in [6, 6.07) is 2.22. The number of carbonyl (C=O) groups is 1. The first-order valence-corrected chi connectivity index (χ1v) is 21.0. The summed E-state index contributed by atoms with van der Waals surface area (Å²) in [5, 5.41) is 9.00. The molecule has 39 heavy (non-hydrogen) atoms. The molecule has 1 rings (SSSR count). The van der Waals surface area contributed by atoms with Gasteiger partial charge in [0.05, 0.1) is 24.4 Å². The minimum Gasteiger partial charge on any atom is -0.411 e. The number of hydrogen-bond acceptors (Lipinski definition) is 5. The van der Waals surface area contributed by atoms with Gasteiger partial charge < -0.3 is 13.6 Å². The number of rotatable bonds is 16. The van der Waals surface area contributed by atoms with Gasteiger partial charge in [0.2, 0.25) is 0 Å². The first-order valence-electron chi connectivity index (χ1n) is 15.2. The Bertz CT molecular complexity index is 846. The van der Waals surface area contributed by atoms with Gasteiger partial charge in [-0.15, -0.1) is 0 Å². The standard InChI is InChI=1S/C32H59NO4Si2/c1-12-13-17-20-26(34)22-23-27-30(37-39(10,11)32(5,6)7)25-29(35-27)28(21-18-15-14-16-19-24-33)36-38(8,9)31(2,3)4/h15,18,22-23,27-30H,12-14,16-17,19-21,25H2,1-11H3/b18-15-,23-22+/t27-,28+,29-,30-/m0/s1. The quantitative estimate of drug-likeness (QED) is 0.0791. The largest absolute Gasteiger partial charge is 0.411 e. The Morgan fingerprint density at radius 3 is 2.23 bits per heavy atom. The first-order chi connectivity index (χ1) is 17.9. The van der Waals surface area contributed by atoms with E-state index in [1.54, 1.807) is 6.08 Å². The molecule has 0 amide bonds. The lowest BCUT2D eigenvalue weighted by Crippen LogP contribution is -2.47. The van der Waals surface area contributed by atoms with Crippen LogP contribution < -0.4 is 0 Å². The number of nitrogens with zero attached hydrogens (tertiary/aromatic N) is 1. The SMILES string of the molecule is CCCCCC(=O)/C=C/[C@@H]1O[C@H]([C@@H](C/C=C\CCCC#N)O[Si](C)(C)C(C)(C)C)C[C@@H]1O[Si](C)(C)C(C)(C)C. The molecule has 5 nitrogen and oxygen atoms in total. The van der Waals surface area contributed by atoms with Gasteiger partial charge in [0, 0.05) is 19.3 Å². The molecule has 0 radical (unpaired) electrons. The third-order valence-corrected chi connectivity index (χ3v) is 17.8. The Labute approximate surface area is 243 Å². The van der Waals surface area contributed by atoms with Gasteiger partial charge >= 0.3 is 0 Å². The molecule has 1 aliphatic rings. The molecule has 1 heterocycles. The van der Waals surface area contributed by atoms with Crippen molar-refractivity contribution in [3.05, 3.63) is 24.3 Å². The van der Waals surface area contributed by atoms with Gasteiger partial charge in [0.1, 0.15) is 6.10 Å². The Kier molecular flexibility index (Phi) is 14.6. The molecule has 1 saturated heterocycles. The molecule has 224 valence electrons. The second kappa shape index (κ2) is 15.8. The number of allylic oxidation sites excluding steroid dienone is 2. The average molecular weight is 578 g/mol. The first kappa shape index (κ1) is 36.0. The van der Waals surface area contributed by atoms with Crippen LogP contribution in [0.25, 0.3) is 0 Å². The Morgan fingerprint density at radius 2 is 1.67 bits per heavy atom. The molecular formula is C32H59NO4Si2. The predicted octanol–water partition coefficient (Wildman–Crippen LogP) is 9.27. The highest BCUT2D eigenvalue weighted by atomic mass is 28.4. The van der Waals surface area contributed by atoms with Crippen molar-refractivity contribution in [2.75, 3.05) is 0 Å². The number of ether oxygens (including phenoxy) is 1. The van der Waals surface area contributed by atoms with Crippen LogP contribution in [0.1, 0.15) is 106 Å². The Hall–Kier alpha value is -1.05. The predicted molar refractivity (Wildman–Crippen MR) is 169 cm³/mol. The van der Waals surface area contributed by atoms with Gasteiger partial charge in [-0.25, -0.2) is 0 Å². The Morgan fingerprint density at radius 1 is 1.03 bits per heavy atom. The zero-order valence-electron chi connectivity index (χ0n) is 27.1. The van der Waals surface area contributed by atoms with Crippen molar-refractivity contribution in [2.45, 2.75) is 167 Å². The van der Waals surface area contributed by atoms with Crippen molar-refractivity contribution < 1.29 is 18.4 Å². The monoisotopic (exact) mass is 577 g/mol. The molecule has 0 saturated carbocycles. The number of unbranched alkanes of at least 4 members (excludes halogenated alkanes) is 4. The molecule has 0 spiro atoms. The van der Waals surface area contributed by atoms with Gasteiger partial charge in [-0.1, -0.05) is 73.5 Å². The lowest BCUT2D eigenvalue weighted by atomic mass is 10.0. The number of ketones is 1. The lowest BCUT2D eigenvalue weighted by molar-refractivity contribution is -0.114. The normalized spacial score (nSPS) is 22.1. The van der Waals surface area contributed by atoms with Crippen molar-refractivity contribution in [1.29, 1.82) is 5.26 Å². The second-order valence-electron chi connectivity index (χ2n) is 14.2. The molecule has 0 unspecified atom stereocenters. The molecule has 0 aromatic carbocycles. The van der Waals surface area contributed by atoms with Gasteiger partial charge in [0.25, 0.3) is 0 Å². The van der Waals surface area contributed by atoms with Crippen LogP contribution in [0.15, 0.2) is 24.3 Å². The van der Waals surface area contributed by atoms with Gasteiger partial charge in [0.15, 0.2) is 22.4 Å². The highest BCUT2D eigenvalue weighted by molar-refractivity contribution is 6.74. The van der Waals surface area contributed by atoms with E-state index in [9.17, 15) is 4.79 Å². The smallest absolute Gasteiger partial charge is 0.192 e. The lowest BCUT2D eigenvalue weighted by Gasteiger charge is -2.40. The molecule has 0 bridgehead atoms. The molecule has 0 aliphatic carbocycles. The maximum atomic E-state index is 12.6. The highest BCUT2D eigenvalue weighted by Gasteiger charge is 2.47. The molecule has 4 atom stereocenters. The van der Waals surface area contributed by atoms with Crippen molar-refractivity contribution in [2.24, 2.45) is 0 Å². The van der Waals surface area contributed by atoms with E-state index in [4.69, 9.17) is 18.9 Å². The van der Waals surface area contributed by atoms with Crippen LogP contribution in [0.3, 0.4) is 0 Å². The molecule has 1 aliphatic heterocycles. The van der Waals surface area contributed by atoms with E-state index in [1.165, 1.54) is 0 Å². The fourth-order valence-electron chi connectivity index (χ4n) is 4.10. The van der Waals surface area contributed by atoms with Crippen LogP contribution in [0.2, 0.25) is 36.3 Å². The van der Waals surface area contributed by atoms with E-state index in [1.807, 2.05) is 6.08 Å². The number of hydrogen-bond donors (Lipinski definition) is 0. The fourth-order valence-corrected chi connectivity index (χ4v) is 6.80. The Balaban J connectivity index is 3.21. The van der Waals surface area contributed by atoms with Crippen LogP contribution in [0.5, 0.6) is 0 Å². The summed E-state index contributed by atoms with van der Waals surface area (Å²) in [5.41, 5.74) is 0. The summed E-state index contributed by atoms with van der Waals surface area (Å²) < 4.78 is 20.6. The summed E-state index contributed by atoms with van der Waals surface area (Å²) in [5.74, 6) is 0.163. The van der Waals surface area contributed by atoms with Crippen LogP contribution in [0, 0.1) is 11.3 Å². The summed E-state index contributed by atoms with van der Waals surface area (Å²) >= 11 is 0. The van der Waals surface area contributed by atoms with Gasteiger partial charge in [-0.3, -0.25) is 4.79 Å². The van der Waals surface area contributed by atoms with Crippen LogP contribution in [-0.4, -0.2) is 46.8 Å². The topological polar surface area (TPSA) is 68.6 Å². The summed E-state index contributed by atoms with van der Waals surface area (Å²) in [6.07, 6.45) is 15.1. The third kappa shape index (κ3) is 12.2. The summed E-state index contributed by atoms with van der Waals surface area (Å²) in [6.45, 7) is 24.9. The second-order valence-corrected chi connectivity index (χ2v) is 23.8. The minimum atomic E-state index is -2.05. The van der Waals surface area contributed by atoms with Crippen molar-refractivity contribution in [1.82, 2.24) is 0 Å². The number of nitriles is 1. The maximum absolute atomic E-state index is 12.6. The molecular weight excluding hydrogens is 519 g/mol. The third-order valence-electron chi connectivity index (χ3n) is 8.77. The minimum absolute atomic E-state index is 0.0812. The van der Waals surface area contributed by atoms with E-state index in [0.717, 1.165) is 44.9 Å². The molecule has 0 aromatic heterocycles. The number of carbonyl (C=O) groups excluding carboxylic acids is 1. The van der Waals surface area contributed by atoms with E-state index < -0.39 is 16.6 Å². The van der Waals surface area contributed by atoms with Crippen LogP contribution in [-0.2, 0) is 18.4 Å². The molecule has 0 N–H and O–H groups in total. The maximum Gasteiger partial charge on any atom is 0.192 e. The van der Waals surface area contributed by atoms with E-state index >= 15 is 0 Å². The molecule has 1 fully saturated rings. The van der Waals surface area contributed by atoms with Gasteiger partial charge in [-0.2, -0.15) is 5.26 Å². The van der Waals surface area contributed by atoms with Crippen molar-refractivity contribution in [3.63, 3.8) is 0 Å². The summed E-state index contributed by atoms with van der Waals surface area (Å²) in [7, 11) is -4.10. The highest BCUT2D eigenvalue weighted by Crippen LogP contribution is 2.42.